The predicted octanol–water partition coefficient (Wildman–Crippen LogP) is 8.16. The van der Waals surface area contributed by atoms with Gasteiger partial charge in [-0.15, -0.1) is 0 Å². The summed E-state index contributed by atoms with van der Waals surface area (Å²) in [6.07, 6.45) is 0. The van der Waals surface area contributed by atoms with Crippen molar-refractivity contribution in [3.63, 3.8) is 0 Å². The van der Waals surface area contributed by atoms with Crippen LogP contribution in [0.15, 0.2) is 46.9 Å². The number of amides is 1. The van der Waals surface area contributed by atoms with Gasteiger partial charge in [-0.1, -0.05) is 78.1 Å². The van der Waals surface area contributed by atoms with Gasteiger partial charge in [0.05, 0.1) is 17.6 Å². The number of carbonyl (C=O) groups is 1. The summed E-state index contributed by atoms with van der Waals surface area (Å²) in [6.45, 7) is 9.88. The van der Waals surface area contributed by atoms with E-state index in [1.165, 1.54) is 0 Å². The topological polar surface area (TPSA) is 78.9 Å². The van der Waals surface area contributed by atoms with Gasteiger partial charge in [-0.2, -0.15) is 5.26 Å². The number of nitrogen functional groups attached to an aromatic ring is 1. The molecule has 0 bridgehead atoms. The van der Waals surface area contributed by atoms with E-state index in [9.17, 15) is 10.1 Å². The van der Waals surface area contributed by atoms with Crippen LogP contribution in [0.2, 0.25) is 10.0 Å². The lowest BCUT2D eigenvalue weighted by molar-refractivity contribution is 0.102. The Labute approximate surface area is 219 Å². The van der Waals surface area contributed by atoms with Crippen LogP contribution < -0.4 is 11.1 Å². The van der Waals surface area contributed by atoms with Gasteiger partial charge in [0.1, 0.15) is 0 Å². The zero-order valence-electron chi connectivity index (χ0n) is 19.7. The van der Waals surface area contributed by atoms with Gasteiger partial charge in [0.25, 0.3) is 5.91 Å². The molecule has 0 aliphatic heterocycles. The molecule has 1 unspecified atom stereocenters. The molecule has 0 aromatic heterocycles. The number of nitriles is 1. The summed E-state index contributed by atoms with van der Waals surface area (Å²) < 4.78 is 0.821. The molecule has 176 valence electrons. The highest BCUT2D eigenvalue weighted by Gasteiger charge is 2.26. The fourth-order valence-electron chi connectivity index (χ4n) is 3.91. The Bertz CT molecular complexity index is 1310. The van der Waals surface area contributed by atoms with Crippen LogP contribution in [0.3, 0.4) is 0 Å². The third-order valence-corrected chi connectivity index (χ3v) is 7.24. The van der Waals surface area contributed by atoms with Crippen LogP contribution in [-0.2, 0) is 5.41 Å². The maximum absolute atomic E-state index is 13.4. The Morgan fingerprint density at radius 1 is 1.12 bits per heavy atom. The molecule has 0 heterocycles. The van der Waals surface area contributed by atoms with Crippen LogP contribution >= 0.6 is 39.1 Å². The monoisotopic (exact) mass is 557 g/mol. The van der Waals surface area contributed by atoms with Crippen molar-refractivity contribution in [1.29, 1.82) is 5.26 Å². The Hall–Kier alpha value is -2.52. The number of hydrogen-bond acceptors (Lipinski definition) is 3. The first-order valence-corrected chi connectivity index (χ1v) is 12.3. The van der Waals surface area contributed by atoms with E-state index >= 15 is 0 Å². The molecule has 0 saturated heterocycles. The molecule has 34 heavy (non-hydrogen) atoms. The number of nitrogens with two attached hydrogens (primary N) is 1. The molecule has 0 spiro atoms. The van der Waals surface area contributed by atoms with Gasteiger partial charge in [0.15, 0.2) is 0 Å². The largest absolute Gasteiger partial charge is 0.398 e. The van der Waals surface area contributed by atoms with E-state index in [0.29, 0.717) is 32.5 Å². The standard InChI is InChI=1S/C27H26BrCl2N3O/c1-14-10-18(19(13-31)16-6-8-17(29)9-7-16)22(30)12-23(14)33-26(34)24-15(2)21(28)11-20(25(24)32)27(3,4)5/h6-12,19H,32H2,1-5H3,(H,33,34). The molecule has 3 N–H and O–H groups in total. The maximum atomic E-state index is 13.4. The SMILES string of the molecule is Cc1cc(C(C#N)c2ccc(Cl)cc2)c(Cl)cc1NC(=O)c1c(C)c(Br)cc(C(C)(C)C)c1N. The fourth-order valence-corrected chi connectivity index (χ4v) is 4.73. The van der Waals surface area contributed by atoms with Crippen LogP contribution in [0.5, 0.6) is 0 Å². The van der Waals surface area contributed by atoms with Gasteiger partial charge < -0.3 is 11.1 Å². The molecule has 0 radical (unpaired) electrons. The molecule has 3 aromatic rings. The maximum Gasteiger partial charge on any atom is 0.258 e. The van der Waals surface area contributed by atoms with E-state index in [0.717, 1.165) is 26.7 Å². The van der Waals surface area contributed by atoms with Crippen molar-refractivity contribution in [2.45, 2.75) is 46.0 Å². The van der Waals surface area contributed by atoms with Crippen molar-refractivity contribution in [2.75, 3.05) is 11.1 Å². The molecule has 7 heteroatoms. The third kappa shape index (κ3) is 5.25. The minimum absolute atomic E-state index is 0.232. The first kappa shape index (κ1) is 26.1. The molecule has 3 rings (SSSR count). The van der Waals surface area contributed by atoms with Gasteiger partial charge in [-0.3, -0.25) is 4.79 Å². The van der Waals surface area contributed by atoms with Crippen LogP contribution in [0.25, 0.3) is 0 Å². The number of anilines is 2. The summed E-state index contributed by atoms with van der Waals surface area (Å²) in [5.74, 6) is -0.881. The minimum atomic E-state index is -0.564. The Kier molecular flexibility index (Phi) is 7.67. The summed E-state index contributed by atoms with van der Waals surface area (Å²) in [5, 5.41) is 13.8. The molecular formula is C27H26BrCl2N3O. The van der Waals surface area contributed by atoms with E-state index in [-0.39, 0.29) is 11.3 Å². The molecule has 1 amide bonds. The summed E-state index contributed by atoms with van der Waals surface area (Å²) in [5.41, 5.74) is 11.6. The van der Waals surface area contributed by atoms with Gasteiger partial charge in [0, 0.05) is 25.9 Å². The normalized spacial score (nSPS) is 12.2. The lowest BCUT2D eigenvalue weighted by Crippen LogP contribution is -2.21. The van der Waals surface area contributed by atoms with Crippen molar-refractivity contribution in [1.82, 2.24) is 0 Å². The summed E-state index contributed by atoms with van der Waals surface area (Å²) >= 11 is 16.2. The second-order valence-electron chi connectivity index (χ2n) is 9.33. The zero-order valence-corrected chi connectivity index (χ0v) is 22.8. The van der Waals surface area contributed by atoms with E-state index in [4.69, 9.17) is 28.9 Å². The molecule has 0 aliphatic rings. The average molecular weight is 559 g/mol. The molecule has 0 aliphatic carbocycles. The minimum Gasteiger partial charge on any atom is -0.398 e. The van der Waals surface area contributed by atoms with Crippen molar-refractivity contribution < 1.29 is 4.79 Å². The molecule has 0 fully saturated rings. The average Bonchev–Trinajstić information content (AvgIpc) is 2.75. The van der Waals surface area contributed by atoms with Crippen molar-refractivity contribution in [3.05, 3.63) is 90.4 Å². The number of nitrogens with one attached hydrogen (secondary N) is 1. The van der Waals surface area contributed by atoms with Crippen molar-refractivity contribution in [2.24, 2.45) is 0 Å². The van der Waals surface area contributed by atoms with Crippen LogP contribution in [0, 0.1) is 25.2 Å². The molecule has 1 atom stereocenters. The van der Waals surface area contributed by atoms with Gasteiger partial charge in [-0.05, 0) is 71.3 Å². The van der Waals surface area contributed by atoms with E-state index in [1.807, 2.05) is 38.1 Å². The second-order valence-corrected chi connectivity index (χ2v) is 11.0. The van der Waals surface area contributed by atoms with E-state index < -0.39 is 5.92 Å². The zero-order chi connectivity index (χ0) is 25.4. The molecule has 4 nitrogen and oxygen atoms in total. The quantitative estimate of drug-likeness (QED) is 0.317. The number of halogens is 3. The number of nitrogens with zero attached hydrogens (tertiary/aromatic N) is 1. The van der Waals surface area contributed by atoms with Gasteiger partial charge in [-0.25, -0.2) is 0 Å². The summed E-state index contributed by atoms with van der Waals surface area (Å²) in [6, 6.07) is 14.9. The first-order chi connectivity index (χ1) is 15.8. The summed E-state index contributed by atoms with van der Waals surface area (Å²) in [4.78, 5) is 13.4. The Balaban J connectivity index is 2.00. The van der Waals surface area contributed by atoms with Crippen molar-refractivity contribution >= 4 is 56.4 Å². The van der Waals surface area contributed by atoms with Crippen LogP contribution in [0.4, 0.5) is 11.4 Å². The lowest BCUT2D eigenvalue weighted by Gasteiger charge is -2.25. The molecule has 0 saturated carbocycles. The second kappa shape index (κ2) is 10.00. The van der Waals surface area contributed by atoms with Gasteiger partial charge in [0.2, 0.25) is 0 Å². The van der Waals surface area contributed by atoms with Crippen LogP contribution in [0.1, 0.15) is 64.9 Å². The first-order valence-electron chi connectivity index (χ1n) is 10.7. The fraction of sp³-hybridized carbons (Fsp3) is 0.259. The van der Waals surface area contributed by atoms with Crippen LogP contribution in [-0.4, -0.2) is 5.91 Å². The molecular weight excluding hydrogens is 533 g/mol. The Morgan fingerprint density at radius 3 is 2.29 bits per heavy atom. The van der Waals surface area contributed by atoms with E-state index in [2.05, 4.69) is 48.1 Å². The number of hydrogen-bond donors (Lipinski definition) is 2. The highest BCUT2D eigenvalue weighted by Crippen LogP contribution is 2.38. The number of benzene rings is 3. The molecule has 3 aromatic carbocycles. The van der Waals surface area contributed by atoms with Crippen molar-refractivity contribution in [3.8, 4) is 6.07 Å². The Morgan fingerprint density at radius 2 is 1.74 bits per heavy atom. The summed E-state index contributed by atoms with van der Waals surface area (Å²) in [7, 11) is 0. The number of aryl methyl sites for hydroxylation is 1. The third-order valence-electron chi connectivity index (χ3n) is 5.83. The number of carbonyl (C=O) groups excluding carboxylic acids is 1. The smallest absolute Gasteiger partial charge is 0.258 e. The highest BCUT2D eigenvalue weighted by atomic mass is 79.9. The van der Waals surface area contributed by atoms with Gasteiger partial charge >= 0.3 is 0 Å². The lowest BCUT2D eigenvalue weighted by atomic mass is 9.83. The predicted molar refractivity (Wildman–Crippen MR) is 145 cm³/mol. The van der Waals surface area contributed by atoms with E-state index in [1.54, 1.807) is 18.2 Å². The highest BCUT2D eigenvalue weighted by molar-refractivity contribution is 9.10. The number of rotatable bonds is 4.